The lowest BCUT2D eigenvalue weighted by Crippen LogP contribution is -2.11. The van der Waals surface area contributed by atoms with Crippen LogP contribution in [-0.2, 0) is 0 Å². The number of benzene rings is 6. The lowest BCUT2D eigenvalue weighted by molar-refractivity contribution is 1.28. The number of hydrogen-bond donors (Lipinski definition) is 0. The van der Waals surface area contributed by atoms with Crippen molar-refractivity contribution in [2.24, 2.45) is 0 Å². The van der Waals surface area contributed by atoms with Crippen LogP contribution in [0.4, 0.5) is 17.1 Å². The van der Waals surface area contributed by atoms with Crippen molar-refractivity contribution in [1.82, 2.24) is 0 Å². The minimum Gasteiger partial charge on any atom is -0.310 e. The molecule has 0 bridgehead atoms. The van der Waals surface area contributed by atoms with Crippen molar-refractivity contribution < 1.29 is 0 Å². The van der Waals surface area contributed by atoms with Gasteiger partial charge >= 0.3 is 0 Å². The van der Waals surface area contributed by atoms with Crippen LogP contribution in [0, 0.1) is 0 Å². The summed E-state index contributed by atoms with van der Waals surface area (Å²) < 4.78 is 0. The molecule has 0 aliphatic rings. The number of hydrogen-bond acceptors (Lipinski definition) is 1. The van der Waals surface area contributed by atoms with Crippen molar-refractivity contribution in [1.29, 1.82) is 0 Å². The van der Waals surface area contributed by atoms with Crippen molar-refractivity contribution in [2.75, 3.05) is 4.90 Å². The Hall–Kier alpha value is -4.88. The van der Waals surface area contributed by atoms with Gasteiger partial charge < -0.3 is 4.90 Å². The lowest BCUT2D eigenvalue weighted by atomic mass is 9.89. The van der Waals surface area contributed by atoms with E-state index in [1.807, 2.05) is 111 Å². The summed E-state index contributed by atoms with van der Waals surface area (Å²) in [6.45, 7) is 32.0. The zero-order chi connectivity index (χ0) is 40.9. The number of para-hydroxylation sites is 2. The second kappa shape index (κ2) is 36.9. The van der Waals surface area contributed by atoms with Crippen molar-refractivity contribution in [3.8, 4) is 33.4 Å². The van der Waals surface area contributed by atoms with E-state index in [4.69, 9.17) is 0 Å². The maximum absolute atomic E-state index is 2.36. The summed E-state index contributed by atoms with van der Waals surface area (Å²) >= 11 is 0. The predicted octanol–water partition coefficient (Wildman–Crippen LogP) is 18.4. The van der Waals surface area contributed by atoms with Crippen LogP contribution < -0.4 is 4.90 Å². The molecule has 0 spiro atoms. The summed E-state index contributed by atoms with van der Waals surface area (Å²) in [5.41, 5.74) is 10.6. The third-order valence-electron chi connectivity index (χ3n) is 6.66. The summed E-state index contributed by atoms with van der Waals surface area (Å²) in [4.78, 5) is 2.36. The lowest BCUT2D eigenvalue weighted by Gasteiger charge is -2.29. The van der Waals surface area contributed by atoms with Crippen LogP contribution in [0.25, 0.3) is 33.4 Å². The second-order valence-corrected chi connectivity index (χ2v) is 9.02. The zero-order valence-corrected chi connectivity index (χ0v) is 36.5. The number of nitrogens with zero attached hydrogens (tertiary/aromatic N) is 1. The molecule has 0 saturated heterocycles. The molecule has 6 rings (SSSR count). The highest BCUT2D eigenvalue weighted by Crippen LogP contribution is 2.46. The Morgan fingerprint density at radius 2 is 0.472 bits per heavy atom. The molecule has 0 unspecified atom stereocenters. The summed E-state index contributed by atoms with van der Waals surface area (Å²) in [6.07, 6.45) is 0. The van der Waals surface area contributed by atoms with Gasteiger partial charge in [-0.05, 0) is 64.2 Å². The fourth-order valence-electron chi connectivity index (χ4n) is 4.92. The predicted molar refractivity (Wildman–Crippen MR) is 248 cm³/mol. The van der Waals surface area contributed by atoms with Gasteiger partial charge in [0.1, 0.15) is 0 Å². The van der Waals surface area contributed by atoms with Gasteiger partial charge in [0.2, 0.25) is 0 Å². The van der Waals surface area contributed by atoms with Crippen LogP contribution in [-0.4, -0.2) is 0 Å². The Morgan fingerprint density at radius 3 is 0.755 bits per heavy atom. The normalized spacial score (nSPS) is 8.38. The molecule has 0 radical (unpaired) electrons. The van der Waals surface area contributed by atoms with E-state index in [0.717, 1.165) is 17.1 Å². The molecular weight excluding hydrogens is 639 g/mol. The molecule has 0 aliphatic carbocycles. The Labute approximate surface area is 328 Å². The Morgan fingerprint density at radius 1 is 0.245 bits per heavy atom. The molecule has 53 heavy (non-hydrogen) atoms. The van der Waals surface area contributed by atoms with Crippen molar-refractivity contribution in [3.63, 3.8) is 0 Å². The number of anilines is 3. The average molecular weight is 714 g/mol. The molecule has 0 saturated carbocycles. The SMILES string of the molecule is CC.CC.CC.CC.CC.CC.CC.CC.c1ccc(-c2cc(-c3ccccc3)c(N(c3ccccc3)c3ccccc3)cc2-c2ccccc2)cc1. The van der Waals surface area contributed by atoms with Gasteiger partial charge in [-0.2, -0.15) is 0 Å². The van der Waals surface area contributed by atoms with E-state index in [0.29, 0.717) is 0 Å². The van der Waals surface area contributed by atoms with Gasteiger partial charge in [0.15, 0.2) is 0 Å². The van der Waals surface area contributed by atoms with Crippen LogP contribution in [0.1, 0.15) is 111 Å². The smallest absolute Gasteiger partial charge is 0.0546 e. The van der Waals surface area contributed by atoms with E-state index in [9.17, 15) is 0 Å². The molecule has 0 atom stereocenters. The van der Waals surface area contributed by atoms with Gasteiger partial charge in [-0.15, -0.1) is 0 Å². The first-order valence-electron chi connectivity index (χ1n) is 20.6. The van der Waals surface area contributed by atoms with Gasteiger partial charge in [-0.25, -0.2) is 0 Å². The van der Waals surface area contributed by atoms with E-state index in [1.54, 1.807) is 0 Å². The van der Waals surface area contributed by atoms with E-state index in [1.165, 1.54) is 33.4 Å². The molecule has 1 nitrogen and oxygen atoms in total. The van der Waals surface area contributed by atoms with Crippen LogP contribution in [0.2, 0.25) is 0 Å². The molecular formula is C52H75N. The molecule has 1 heteroatoms. The Kier molecular flexibility index (Phi) is 36.5. The maximum atomic E-state index is 2.36. The van der Waals surface area contributed by atoms with Gasteiger partial charge in [0.25, 0.3) is 0 Å². The van der Waals surface area contributed by atoms with Crippen LogP contribution in [0.15, 0.2) is 164 Å². The first-order chi connectivity index (χ1) is 26.4. The summed E-state index contributed by atoms with van der Waals surface area (Å²) in [5.74, 6) is 0. The molecule has 0 heterocycles. The van der Waals surface area contributed by atoms with E-state index >= 15 is 0 Å². The molecule has 6 aromatic carbocycles. The van der Waals surface area contributed by atoms with Crippen LogP contribution in [0.3, 0.4) is 0 Å². The van der Waals surface area contributed by atoms with Crippen molar-refractivity contribution in [3.05, 3.63) is 164 Å². The molecule has 0 N–H and O–H groups in total. The minimum absolute atomic E-state index is 1.12. The van der Waals surface area contributed by atoms with Crippen LogP contribution >= 0.6 is 0 Å². The van der Waals surface area contributed by atoms with Gasteiger partial charge in [0.05, 0.1) is 5.69 Å². The summed E-state index contributed by atoms with van der Waals surface area (Å²) in [5, 5.41) is 0. The Balaban J connectivity index is -0.00000139. The first-order valence-corrected chi connectivity index (χ1v) is 20.6. The highest BCUT2D eigenvalue weighted by atomic mass is 15.1. The second-order valence-electron chi connectivity index (χ2n) is 9.02. The number of rotatable bonds is 6. The largest absolute Gasteiger partial charge is 0.310 e. The van der Waals surface area contributed by atoms with E-state index in [2.05, 4.69) is 169 Å². The van der Waals surface area contributed by atoms with Gasteiger partial charge in [-0.1, -0.05) is 238 Å². The van der Waals surface area contributed by atoms with Crippen LogP contribution in [0.5, 0.6) is 0 Å². The topological polar surface area (TPSA) is 3.24 Å². The summed E-state index contributed by atoms with van der Waals surface area (Å²) in [6, 6.07) is 58.0. The standard InChI is InChI=1S/C36H27N.8C2H6/c1-6-16-28(17-7-1)33-26-35(30-20-10-3-11-21-30)36(27-34(33)29-18-8-2-9-19-29)37(31-22-12-4-13-23-31)32-24-14-5-15-25-32;8*1-2/h1-27H;8*1-2H3. The fourth-order valence-corrected chi connectivity index (χ4v) is 4.92. The quantitative estimate of drug-likeness (QED) is 0.166. The molecule has 288 valence electrons. The third kappa shape index (κ3) is 17.0. The average Bonchev–Trinajstić information content (AvgIpc) is 3.31. The molecule has 6 aromatic rings. The van der Waals surface area contributed by atoms with E-state index < -0.39 is 0 Å². The highest BCUT2D eigenvalue weighted by Gasteiger charge is 2.21. The monoisotopic (exact) mass is 714 g/mol. The van der Waals surface area contributed by atoms with E-state index in [-0.39, 0.29) is 0 Å². The Bertz CT molecular complexity index is 1540. The third-order valence-corrected chi connectivity index (χ3v) is 6.66. The summed E-state index contributed by atoms with van der Waals surface area (Å²) in [7, 11) is 0. The van der Waals surface area contributed by atoms with Gasteiger partial charge in [-0.3, -0.25) is 0 Å². The highest BCUT2D eigenvalue weighted by molar-refractivity contribution is 5.96. The maximum Gasteiger partial charge on any atom is 0.0546 e. The van der Waals surface area contributed by atoms with Gasteiger partial charge in [0, 0.05) is 16.9 Å². The molecule has 0 amide bonds. The minimum atomic E-state index is 1.12. The van der Waals surface area contributed by atoms with Crippen molar-refractivity contribution >= 4 is 17.1 Å². The molecule has 0 aliphatic heterocycles. The fraction of sp³-hybridized carbons (Fsp3) is 0.308. The molecule has 0 aromatic heterocycles. The molecule has 0 fully saturated rings. The zero-order valence-electron chi connectivity index (χ0n) is 36.5. The first kappa shape index (κ1) is 52.5. The van der Waals surface area contributed by atoms with Crippen molar-refractivity contribution in [2.45, 2.75) is 111 Å².